The average molecular weight is 425 g/mol. The minimum absolute atomic E-state index is 0.116. The van der Waals surface area contributed by atoms with Gasteiger partial charge < -0.3 is 4.57 Å². The molecule has 0 aliphatic rings. The van der Waals surface area contributed by atoms with E-state index in [4.69, 9.17) is 4.98 Å². The molecule has 0 spiro atoms. The highest BCUT2D eigenvalue weighted by atomic mass is 16.2. The lowest BCUT2D eigenvalue weighted by molar-refractivity contribution is 0.643. The normalized spacial score (nSPS) is 10.9. The zero-order chi connectivity index (χ0) is 22.7. The smallest absolute Gasteiger partial charge is 0.314 e. The maximum atomic E-state index is 13.3. The Morgan fingerprint density at radius 3 is 1.84 bits per heavy atom. The van der Waals surface area contributed by atoms with Crippen LogP contribution in [0.3, 0.4) is 0 Å². The minimum atomic E-state index is -0.434. The Morgan fingerprint density at radius 2 is 1.22 bits per heavy atom. The molecule has 160 valence electrons. The second-order valence-corrected chi connectivity index (χ2v) is 7.34. The minimum Gasteiger partial charge on any atom is -0.314 e. The van der Waals surface area contributed by atoms with E-state index in [-0.39, 0.29) is 13.1 Å². The Hall–Kier alpha value is -4.19. The van der Waals surface area contributed by atoms with E-state index >= 15 is 0 Å². The van der Waals surface area contributed by atoms with Gasteiger partial charge in [0.25, 0.3) is 5.56 Å². The summed E-state index contributed by atoms with van der Waals surface area (Å²) in [5.74, 6) is 0.602. The number of rotatable bonds is 8. The van der Waals surface area contributed by atoms with Gasteiger partial charge in [-0.05, 0) is 11.1 Å². The van der Waals surface area contributed by atoms with Crippen LogP contribution in [0.4, 0.5) is 0 Å². The Balaban J connectivity index is 1.97. The Bertz CT molecular complexity index is 1420. The van der Waals surface area contributed by atoms with E-state index in [1.807, 2.05) is 42.5 Å². The van der Waals surface area contributed by atoms with Crippen LogP contribution in [0.25, 0.3) is 33.7 Å². The summed E-state index contributed by atoms with van der Waals surface area (Å²) in [5.41, 5.74) is 2.90. The summed E-state index contributed by atoms with van der Waals surface area (Å²) in [6.07, 6.45) is 4.86. The molecule has 2 aromatic carbocycles. The molecule has 0 saturated heterocycles. The third-order valence-electron chi connectivity index (χ3n) is 5.30. The first-order chi connectivity index (χ1) is 15.6. The predicted octanol–water partition coefficient (Wildman–Crippen LogP) is 4.25. The van der Waals surface area contributed by atoms with E-state index in [2.05, 4.69) is 31.9 Å². The maximum absolute atomic E-state index is 13.3. The van der Waals surface area contributed by atoms with Crippen molar-refractivity contribution in [3.8, 4) is 22.5 Å². The van der Waals surface area contributed by atoms with Crippen molar-refractivity contribution in [1.29, 1.82) is 0 Å². The quantitative estimate of drug-likeness (QED) is 0.397. The molecule has 0 saturated carbocycles. The number of fused-ring (bicyclic) bond motifs is 1. The van der Waals surface area contributed by atoms with Gasteiger partial charge in [0, 0.05) is 25.2 Å². The Morgan fingerprint density at radius 1 is 0.688 bits per heavy atom. The van der Waals surface area contributed by atoms with E-state index in [1.165, 1.54) is 15.2 Å². The zero-order valence-corrected chi connectivity index (χ0v) is 17.8. The lowest BCUT2D eigenvalue weighted by atomic mass is 10.0. The summed E-state index contributed by atoms with van der Waals surface area (Å²) in [6.45, 7) is 12.0. The first-order valence-corrected chi connectivity index (χ1v) is 10.3. The molecule has 0 unspecified atom stereocenters. The molecule has 32 heavy (non-hydrogen) atoms. The van der Waals surface area contributed by atoms with Gasteiger partial charge in [-0.25, -0.2) is 9.78 Å². The van der Waals surface area contributed by atoms with Crippen molar-refractivity contribution in [3.63, 3.8) is 0 Å². The number of imidazole rings is 1. The number of nitrogens with zero attached hydrogens (tertiary/aromatic N) is 4. The molecule has 0 atom stereocenters. The molecule has 0 N–H and O–H groups in total. The number of allylic oxidation sites excluding steroid dienone is 3. The molecule has 4 rings (SSSR count). The topological polar surface area (TPSA) is 61.8 Å². The van der Waals surface area contributed by atoms with Crippen molar-refractivity contribution in [2.45, 2.75) is 19.6 Å². The third-order valence-corrected chi connectivity index (χ3v) is 5.30. The van der Waals surface area contributed by atoms with E-state index in [0.29, 0.717) is 23.5 Å². The Kier molecular flexibility index (Phi) is 5.85. The summed E-state index contributed by atoms with van der Waals surface area (Å²) in [5, 5.41) is 0. The fourth-order valence-corrected chi connectivity index (χ4v) is 3.84. The zero-order valence-electron chi connectivity index (χ0n) is 17.8. The van der Waals surface area contributed by atoms with Crippen molar-refractivity contribution in [2.24, 2.45) is 0 Å². The Labute approximate surface area is 185 Å². The molecule has 4 aromatic rings. The van der Waals surface area contributed by atoms with Gasteiger partial charge in [0.05, 0.1) is 0 Å². The van der Waals surface area contributed by atoms with Crippen LogP contribution in [0, 0.1) is 0 Å². The molecule has 0 aliphatic carbocycles. The summed E-state index contributed by atoms with van der Waals surface area (Å²) in [6, 6.07) is 18.1. The van der Waals surface area contributed by atoms with Crippen molar-refractivity contribution < 1.29 is 0 Å². The van der Waals surface area contributed by atoms with Crippen LogP contribution in [0.15, 0.2) is 102 Å². The number of hydrogen-bond acceptors (Lipinski definition) is 3. The van der Waals surface area contributed by atoms with Crippen LogP contribution in [0.2, 0.25) is 0 Å². The van der Waals surface area contributed by atoms with Gasteiger partial charge in [-0.15, -0.1) is 19.7 Å². The second kappa shape index (κ2) is 8.89. The predicted molar refractivity (Wildman–Crippen MR) is 130 cm³/mol. The summed E-state index contributed by atoms with van der Waals surface area (Å²) >= 11 is 0. The molecule has 0 aliphatic heterocycles. The molecular formula is C26H24N4O2. The summed E-state index contributed by atoms with van der Waals surface area (Å²) in [7, 11) is 0. The van der Waals surface area contributed by atoms with E-state index in [0.717, 1.165) is 16.7 Å². The number of benzene rings is 2. The van der Waals surface area contributed by atoms with Crippen LogP contribution in [0.1, 0.15) is 0 Å². The van der Waals surface area contributed by atoms with Crippen LogP contribution < -0.4 is 11.2 Å². The van der Waals surface area contributed by atoms with Gasteiger partial charge in [0.15, 0.2) is 11.2 Å². The molecule has 0 radical (unpaired) electrons. The largest absolute Gasteiger partial charge is 0.333 e. The lowest BCUT2D eigenvalue weighted by Crippen LogP contribution is -2.40. The number of aromatic nitrogens is 4. The van der Waals surface area contributed by atoms with Crippen LogP contribution >= 0.6 is 0 Å². The summed E-state index contributed by atoms with van der Waals surface area (Å²) < 4.78 is 4.44. The highest BCUT2D eigenvalue weighted by Gasteiger charge is 2.21. The van der Waals surface area contributed by atoms with Gasteiger partial charge in [0.2, 0.25) is 0 Å². The van der Waals surface area contributed by atoms with Crippen molar-refractivity contribution in [1.82, 2.24) is 18.7 Å². The maximum Gasteiger partial charge on any atom is 0.333 e. The van der Waals surface area contributed by atoms with Gasteiger partial charge in [-0.1, -0.05) is 72.8 Å². The number of hydrogen-bond donors (Lipinski definition) is 0. The fourth-order valence-electron chi connectivity index (χ4n) is 3.84. The molecular weight excluding hydrogens is 400 g/mol. The second-order valence-electron chi connectivity index (χ2n) is 7.34. The first kappa shape index (κ1) is 21.1. The van der Waals surface area contributed by atoms with Gasteiger partial charge in [0.1, 0.15) is 5.82 Å². The van der Waals surface area contributed by atoms with Crippen LogP contribution in [-0.2, 0) is 19.6 Å². The highest BCUT2D eigenvalue weighted by Crippen LogP contribution is 2.26. The molecule has 6 nitrogen and oxygen atoms in total. The van der Waals surface area contributed by atoms with Crippen molar-refractivity contribution in [3.05, 3.63) is 113 Å². The van der Waals surface area contributed by atoms with E-state index in [1.54, 1.807) is 16.7 Å². The third kappa shape index (κ3) is 3.56. The fraction of sp³-hybridized carbons (Fsp3) is 0.115. The van der Waals surface area contributed by atoms with E-state index in [9.17, 15) is 9.59 Å². The van der Waals surface area contributed by atoms with Crippen LogP contribution in [-0.4, -0.2) is 18.7 Å². The van der Waals surface area contributed by atoms with Gasteiger partial charge in [-0.2, -0.15) is 0 Å². The van der Waals surface area contributed by atoms with Gasteiger partial charge >= 0.3 is 5.69 Å². The molecule has 6 heteroatoms. The van der Waals surface area contributed by atoms with Gasteiger partial charge in [-0.3, -0.25) is 13.9 Å². The average Bonchev–Trinajstić information content (AvgIpc) is 3.20. The molecule has 2 heterocycles. The standard InChI is InChI=1S/C26H24N4O2/c1-4-16-28-22-24(29(17-5-2)26(32)30(18-6-3)25(22)31)27-23(28)21-14-12-20(13-15-21)19-10-8-7-9-11-19/h4-15H,1-3,16-18H2. The van der Waals surface area contributed by atoms with Crippen LogP contribution in [0.5, 0.6) is 0 Å². The molecule has 0 amide bonds. The molecule has 0 fully saturated rings. The SMILES string of the molecule is C=CCn1c(=O)c2c(nc(-c3ccc(-c4ccccc4)cc3)n2CC=C)n(CC=C)c1=O. The van der Waals surface area contributed by atoms with Crippen molar-refractivity contribution in [2.75, 3.05) is 0 Å². The van der Waals surface area contributed by atoms with Crippen molar-refractivity contribution >= 4 is 11.2 Å². The molecule has 0 bridgehead atoms. The summed E-state index contributed by atoms with van der Waals surface area (Å²) in [4.78, 5) is 31.0. The first-order valence-electron chi connectivity index (χ1n) is 10.3. The highest BCUT2D eigenvalue weighted by molar-refractivity contribution is 5.78. The lowest BCUT2D eigenvalue weighted by Gasteiger charge is -2.10. The van der Waals surface area contributed by atoms with E-state index < -0.39 is 11.2 Å². The molecule has 2 aromatic heterocycles. The monoisotopic (exact) mass is 424 g/mol.